The molecule has 15 heterocycles. The molecular formula is C89H75N9O4S3. The second kappa shape index (κ2) is 28.9. The molecule has 105 heavy (non-hydrogen) atoms. The number of fused-ring (bicyclic) bond motifs is 21. The molecule has 0 N–H and O–H groups in total. The van der Waals surface area contributed by atoms with Gasteiger partial charge in [-0.25, -0.2) is 39.9 Å². The van der Waals surface area contributed by atoms with Gasteiger partial charge in [-0.3, -0.25) is 4.98 Å². The van der Waals surface area contributed by atoms with Crippen LogP contribution in [0.5, 0.6) is 0 Å². The Morgan fingerprint density at radius 3 is 1.04 bits per heavy atom. The molecule has 0 aliphatic heterocycles. The number of pyridine rings is 7. The van der Waals surface area contributed by atoms with Crippen LogP contribution in [0.4, 0.5) is 0 Å². The molecule has 0 unspecified atom stereocenters. The molecule has 0 aliphatic carbocycles. The summed E-state index contributed by atoms with van der Waals surface area (Å²) >= 11 is 5.16. The Hall–Kier alpha value is -11.7. The smallest absolute Gasteiger partial charge is 0.227 e. The van der Waals surface area contributed by atoms with E-state index < -0.39 is 0 Å². The zero-order chi connectivity index (χ0) is 72.9. The van der Waals surface area contributed by atoms with Crippen LogP contribution < -0.4 is 0 Å². The summed E-state index contributed by atoms with van der Waals surface area (Å²) in [5.74, 6) is 0. The monoisotopic (exact) mass is 1430 g/mol. The minimum Gasteiger partial charge on any atom is -0.456 e. The molecule has 21 aromatic rings. The molecule has 16 heteroatoms. The Kier molecular flexibility index (Phi) is 19.0. The van der Waals surface area contributed by atoms with Gasteiger partial charge in [0, 0.05) is 94.8 Å². The van der Waals surface area contributed by atoms with Crippen molar-refractivity contribution in [1.29, 1.82) is 0 Å². The van der Waals surface area contributed by atoms with Crippen molar-refractivity contribution in [2.45, 2.75) is 96.9 Å². The largest absolute Gasteiger partial charge is 0.456 e. The van der Waals surface area contributed by atoms with Crippen molar-refractivity contribution in [3.8, 4) is 0 Å². The van der Waals surface area contributed by atoms with Crippen LogP contribution in [0, 0.1) is 96.9 Å². The van der Waals surface area contributed by atoms with E-state index in [1.54, 1.807) is 34.0 Å². The van der Waals surface area contributed by atoms with Crippen molar-refractivity contribution in [2.24, 2.45) is 0 Å². The highest BCUT2D eigenvalue weighted by Gasteiger charge is 2.14. The molecule has 518 valence electrons. The summed E-state index contributed by atoms with van der Waals surface area (Å²) in [6.45, 7) is 28.7. The van der Waals surface area contributed by atoms with Crippen LogP contribution in [0.3, 0.4) is 0 Å². The van der Waals surface area contributed by atoms with E-state index in [2.05, 4.69) is 203 Å². The highest BCUT2D eigenvalue weighted by Crippen LogP contribution is 2.37. The van der Waals surface area contributed by atoms with E-state index in [4.69, 9.17) is 17.7 Å². The molecule has 0 amide bonds. The third kappa shape index (κ3) is 14.7. The number of furan rings is 4. The summed E-state index contributed by atoms with van der Waals surface area (Å²) in [6.07, 6.45) is 5.56. The van der Waals surface area contributed by atoms with Gasteiger partial charge in [0.1, 0.15) is 65.2 Å². The average Bonchev–Trinajstić information content (AvgIpc) is 1.71. The normalized spacial score (nSPS) is 11.3. The highest BCUT2D eigenvalue weighted by atomic mass is 32.1. The fourth-order valence-electron chi connectivity index (χ4n) is 12.8. The predicted molar refractivity (Wildman–Crippen MR) is 439 cm³/mol. The molecule has 0 bridgehead atoms. The van der Waals surface area contributed by atoms with Crippen LogP contribution in [0.15, 0.2) is 218 Å². The first-order chi connectivity index (χ1) is 50.7. The van der Waals surface area contributed by atoms with Gasteiger partial charge in [-0.1, -0.05) is 69.8 Å². The lowest BCUT2D eigenvalue weighted by atomic mass is 10.1. The van der Waals surface area contributed by atoms with Crippen LogP contribution >= 0.6 is 34.0 Å². The van der Waals surface area contributed by atoms with Crippen LogP contribution in [0.2, 0.25) is 0 Å². The Balaban J connectivity index is 0.0000000983. The van der Waals surface area contributed by atoms with E-state index in [9.17, 15) is 0 Å². The molecule has 0 aliphatic rings. The topological polar surface area (TPSA) is 169 Å². The van der Waals surface area contributed by atoms with Gasteiger partial charge in [0.15, 0.2) is 11.2 Å². The molecule has 0 saturated heterocycles. The van der Waals surface area contributed by atoms with E-state index >= 15 is 0 Å². The quantitative estimate of drug-likeness (QED) is 0.141. The van der Waals surface area contributed by atoms with Gasteiger partial charge >= 0.3 is 0 Å². The second-order valence-electron chi connectivity index (χ2n) is 27.1. The highest BCUT2D eigenvalue weighted by molar-refractivity contribution is 7.26. The molecule has 0 saturated carbocycles. The number of hydrogen-bond acceptors (Lipinski definition) is 16. The third-order valence-corrected chi connectivity index (χ3v) is 21.2. The Labute approximate surface area is 618 Å². The van der Waals surface area contributed by atoms with Crippen LogP contribution in [0.25, 0.3) is 149 Å². The van der Waals surface area contributed by atoms with Gasteiger partial charge in [-0.05, 0) is 254 Å². The summed E-state index contributed by atoms with van der Waals surface area (Å²) in [5, 5.41) is 9.31. The van der Waals surface area contributed by atoms with Crippen molar-refractivity contribution >= 4 is 183 Å². The lowest BCUT2D eigenvalue weighted by molar-refractivity contribution is 0.653. The molecule has 0 atom stereocenters. The Morgan fingerprint density at radius 1 is 0.210 bits per heavy atom. The Morgan fingerprint density at radius 2 is 0.533 bits per heavy atom. The van der Waals surface area contributed by atoms with Crippen LogP contribution in [0.1, 0.15) is 78.7 Å². The molecule has 21 rings (SSSR count). The number of nitrogens with zero attached hydrogens (tertiary/aromatic N) is 9. The van der Waals surface area contributed by atoms with Gasteiger partial charge in [0.2, 0.25) is 5.71 Å². The average molecular weight is 1430 g/mol. The summed E-state index contributed by atoms with van der Waals surface area (Å²) in [4.78, 5) is 42.5. The fraction of sp³-hybridized carbons (Fsp3) is 0.157. The lowest BCUT2D eigenvalue weighted by Gasteiger charge is -1.94. The zero-order valence-electron chi connectivity index (χ0n) is 60.9. The number of aromatic nitrogens is 9. The summed E-state index contributed by atoms with van der Waals surface area (Å²) < 4.78 is 27.7. The first-order valence-corrected chi connectivity index (χ1v) is 37.2. The summed E-state index contributed by atoms with van der Waals surface area (Å²) in [5.41, 5.74) is 29.3. The van der Waals surface area contributed by atoms with E-state index in [0.717, 1.165) is 149 Å². The van der Waals surface area contributed by atoms with Crippen LogP contribution in [-0.2, 0) is 0 Å². The van der Waals surface area contributed by atoms with Crippen LogP contribution in [-0.4, -0.2) is 44.9 Å². The van der Waals surface area contributed by atoms with E-state index in [0.29, 0.717) is 0 Å². The van der Waals surface area contributed by atoms with Crippen molar-refractivity contribution in [3.05, 3.63) is 279 Å². The molecule has 15 aromatic heterocycles. The number of aryl methyl sites for hydroxylation is 14. The molecule has 6 aromatic carbocycles. The third-order valence-electron chi connectivity index (χ3n) is 18.0. The van der Waals surface area contributed by atoms with Crippen molar-refractivity contribution < 1.29 is 17.7 Å². The second-order valence-corrected chi connectivity index (χ2v) is 30.2. The standard InChI is InChI=1S/C14H12O.3C13H11NO.3C12H10N2S/c1-9-3-5-13-11(7-9)12-8-10(2)4-6-14(12)15-13;2*1-8-3-5-11-10(7-8)13-12(15-11)6-4-9(2)14-13;1-8-3-4-12-10(5-8)11-6-9(2)7-14-13(11)15-12;1-7-3-5-9-11(13-7)12-10(15-9)6-4-8(2)14-12;1-7-5-9-11-10(4-3-8(2)14-11)15-12(9)13-6-7;1-7-3-4-10-9(5-7)11-12(15-10)13-6-8(2)14-11/h3-8H,1-2H3;3*3-7H,1-2H3;3*3-6H,1-2H3. The maximum Gasteiger partial charge on any atom is 0.227 e. The van der Waals surface area contributed by atoms with Crippen molar-refractivity contribution in [3.63, 3.8) is 0 Å². The molecule has 13 nitrogen and oxygen atoms in total. The molecule has 0 radical (unpaired) electrons. The van der Waals surface area contributed by atoms with E-state index in [-0.39, 0.29) is 0 Å². The van der Waals surface area contributed by atoms with Gasteiger partial charge in [0.25, 0.3) is 0 Å². The SMILES string of the molecule is Cc1ccc2oc3ccc(C)cc3c2c1.Cc1ccc2oc3ccc(C)nc3c2c1.Cc1ccc2oc3ccc(C)nc3c2c1.Cc1ccc2oc3ncc(C)cc3c2c1.Cc1ccc2sc3ccc(C)nc3c2n1.Cc1ccc2sc3ncc(C)nc3c2c1.Cc1cnc2sc3ccc(C)nc3c2c1. The number of thiophene rings is 3. The minimum absolute atomic E-state index is 0.723. The van der Waals surface area contributed by atoms with E-state index in [1.807, 2.05) is 140 Å². The summed E-state index contributed by atoms with van der Waals surface area (Å²) in [7, 11) is 0. The number of benzene rings is 6. The van der Waals surface area contributed by atoms with Crippen molar-refractivity contribution in [2.75, 3.05) is 0 Å². The van der Waals surface area contributed by atoms with Gasteiger partial charge in [0.05, 0.1) is 25.3 Å². The summed E-state index contributed by atoms with van der Waals surface area (Å²) in [6, 6.07) is 62.3. The maximum atomic E-state index is 5.76. The Bertz CT molecular complexity index is 5340. The van der Waals surface area contributed by atoms with Gasteiger partial charge < -0.3 is 17.7 Å². The van der Waals surface area contributed by atoms with Gasteiger partial charge in [-0.2, -0.15) is 0 Å². The number of rotatable bonds is 0. The predicted octanol–water partition coefficient (Wildman–Crippen LogP) is 25.4. The maximum absolute atomic E-state index is 5.76. The zero-order valence-corrected chi connectivity index (χ0v) is 63.4. The number of hydrogen-bond donors (Lipinski definition) is 0. The van der Waals surface area contributed by atoms with Crippen molar-refractivity contribution in [1.82, 2.24) is 44.9 Å². The van der Waals surface area contributed by atoms with E-state index in [1.165, 1.54) is 79.3 Å². The molecular weight excluding hydrogens is 1360 g/mol. The fourth-order valence-corrected chi connectivity index (χ4v) is 15.7. The van der Waals surface area contributed by atoms with Gasteiger partial charge in [-0.15, -0.1) is 34.0 Å². The molecule has 0 spiro atoms. The first kappa shape index (κ1) is 69.0. The lowest BCUT2D eigenvalue weighted by Crippen LogP contribution is -1.83. The molecule has 0 fully saturated rings. The first-order valence-electron chi connectivity index (χ1n) is 34.7. The minimum atomic E-state index is 0.723.